The van der Waals surface area contributed by atoms with Gasteiger partial charge in [0.2, 0.25) is 0 Å². The molecule has 3 aromatic rings. The highest BCUT2D eigenvalue weighted by atomic mass is 32.2. The maximum absolute atomic E-state index is 12.0. The predicted octanol–water partition coefficient (Wildman–Crippen LogP) is 1.68. The molecular weight excluding hydrogens is 316 g/mol. The van der Waals surface area contributed by atoms with E-state index in [9.17, 15) is 13.2 Å². The Balaban J connectivity index is 1.79. The fourth-order valence-electron chi connectivity index (χ4n) is 2.12. The normalized spacial score (nSPS) is 11.5. The summed E-state index contributed by atoms with van der Waals surface area (Å²) in [6, 6.07) is 12.8. The van der Waals surface area contributed by atoms with Gasteiger partial charge in [0, 0.05) is 18.5 Å². The molecule has 0 fully saturated rings. The van der Waals surface area contributed by atoms with Gasteiger partial charge < -0.3 is 4.74 Å². The first kappa shape index (κ1) is 15.2. The molecule has 1 aromatic carbocycles. The van der Waals surface area contributed by atoms with Gasteiger partial charge in [0.05, 0.1) is 10.6 Å². The van der Waals surface area contributed by atoms with Crippen molar-refractivity contribution in [2.24, 2.45) is 0 Å². The van der Waals surface area contributed by atoms with E-state index in [1.165, 1.54) is 22.6 Å². The van der Waals surface area contributed by atoms with Crippen LogP contribution in [0.5, 0.6) is 5.75 Å². The number of rotatable bonds is 4. The summed E-state index contributed by atoms with van der Waals surface area (Å²) in [5.41, 5.74) is 0.876. The summed E-state index contributed by atoms with van der Waals surface area (Å²) in [6.45, 7) is 0.124. The summed E-state index contributed by atoms with van der Waals surface area (Å²) < 4.78 is 29.8. The van der Waals surface area contributed by atoms with E-state index < -0.39 is 9.84 Å². The molecular formula is C16H14N2O4S. The Labute approximate surface area is 132 Å². The molecule has 0 amide bonds. The van der Waals surface area contributed by atoms with Crippen LogP contribution in [0.1, 0.15) is 5.69 Å². The molecule has 7 heteroatoms. The fourth-order valence-corrected chi connectivity index (χ4v) is 2.75. The molecule has 0 saturated carbocycles. The van der Waals surface area contributed by atoms with Crippen LogP contribution in [0.25, 0.3) is 5.65 Å². The van der Waals surface area contributed by atoms with Crippen LogP contribution in [0, 0.1) is 0 Å². The number of hydrogen-bond donors (Lipinski definition) is 0. The van der Waals surface area contributed by atoms with Crippen LogP contribution in [-0.4, -0.2) is 24.1 Å². The first-order chi connectivity index (χ1) is 10.9. The number of benzene rings is 1. The molecule has 2 aromatic heterocycles. The molecule has 3 rings (SSSR count). The van der Waals surface area contributed by atoms with Crippen molar-refractivity contribution in [2.45, 2.75) is 11.5 Å². The molecule has 0 spiro atoms. The second-order valence-corrected chi connectivity index (χ2v) is 7.06. The lowest BCUT2D eigenvalue weighted by Gasteiger charge is -2.07. The van der Waals surface area contributed by atoms with Crippen molar-refractivity contribution < 1.29 is 13.2 Å². The Morgan fingerprint density at radius 3 is 2.57 bits per heavy atom. The monoisotopic (exact) mass is 330 g/mol. The van der Waals surface area contributed by atoms with Crippen molar-refractivity contribution in [1.29, 1.82) is 0 Å². The standard InChI is InChI=1S/C16H14N2O4S/c1-23(20,21)14-7-5-13(6-8-14)22-11-12-10-16(19)18-9-3-2-4-15(18)17-12/h2-10H,11H2,1H3. The molecule has 0 unspecified atom stereocenters. The highest BCUT2D eigenvalue weighted by Gasteiger charge is 2.07. The predicted molar refractivity (Wildman–Crippen MR) is 85.3 cm³/mol. The number of hydrogen-bond acceptors (Lipinski definition) is 5. The molecule has 23 heavy (non-hydrogen) atoms. The van der Waals surface area contributed by atoms with Gasteiger partial charge in [0.1, 0.15) is 18.0 Å². The van der Waals surface area contributed by atoms with Gasteiger partial charge in [-0.3, -0.25) is 9.20 Å². The SMILES string of the molecule is CS(=O)(=O)c1ccc(OCc2cc(=O)n3ccccc3n2)cc1. The number of sulfone groups is 1. The first-order valence-electron chi connectivity index (χ1n) is 6.84. The zero-order valence-electron chi connectivity index (χ0n) is 12.3. The first-order valence-corrected chi connectivity index (χ1v) is 8.73. The van der Waals surface area contributed by atoms with Gasteiger partial charge in [0.25, 0.3) is 5.56 Å². The zero-order chi connectivity index (χ0) is 16.4. The van der Waals surface area contributed by atoms with Crippen LogP contribution in [0.3, 0.4) is 0 Å². The molecule has 0 aliphatic carbocycles. The molecule has 0 aliphatic heterocycles. The van der Waals surface area contributed by atoms with Crippen molar-refractivity contribution in [3.05, 3.63) is 70.8 Å². The molecule has 6 nitrogen and oxygen atoms in total. The number of fused-ring (bicyclic) bond motifs is 1. The van der Waals surface area contributed by atoms with E-state index in [2.05, 4.69) is 4.98 Å². The number of ether oxygens (including phenoxy) is 1. The average Bonchev–Trinajstić information content (AvgIpc) is 2.52. The lowest BCUT2D eigenvalue weighted by atomic mass is 10.3. The van der Waals surface area contributed by atoms with Crippen molar-refractivity contribution in [1.82, 2.24) is 9.38 Å². The lowest BCUT2D eigenvalue weighted by molar-refractivity contribution is 0.301. The lowest BCUT2D eigenvalue weighted by Crippen LogP contribution is -2.16. The highest BCUT2D eigenvalue weighted by Crippen LogP contribution is 2.16. The molecule has 0 N–H and O–H groups in total. The van der Waals surface area contributed by atoms with E-state index in [0.717, 1.165) is 6.26 Å². The average molecular weight is 330 g/mol. The third-order valence-corrected chi connectivity index (χ3v) is 4.39. The van der Waals surface area contributed by atoms with Gasteiger partial charge in [-0.25, -0.2) is 13.4 Å². The Bertz CT molecular complexity index is 1010. The fraction of sp³-hybridized carbons (Fsp3) is 0.125. The molecule has 0 saturated heterocycles. The summed E-state index contributed by atoms with van der Waals surface area (Å²) in [6.07, 6.45) is 2.80. The summed E-state index contributed by atoms with van der Waals surface area (Å²) in [5, 5.41) is 0. The number of aromatic nitrogens is 2. The molecule has 0 bridgehead atoms. The van der Waals surface area contributed by atoms with Crippen molar-refractivity contribution in [3.8, 4) is 5.75 Å². The van der Waals surface area contributed by atoms with E-state index in [-0.39, 0.29) is 17.1 Å². The maximum atomic E-state index is 12.0. The minimum absolute atomic E-state index is 0.124. The van der Waals surface area contributed by atoms with Gasteiger partial charge >= 0.3 is 0 Å². The Morgan fingerprint density at radius 2 is 1.87 bits per heavy atom. The third kappa shape index (κ3) is 3.40. The molecule has 2 heterocycles. The number of nitrogens with zero attached hydrogens (tertiary/aromatic N) is 2. The van der Waals surface area contributed by atoms with Crippen LogP contribution in [-0.2, 0) is 16.4 Å². The van der Waals surface area contributed by atoms with Crippen molar-refractivity contribution in [3.63, 3.8) is 0 Å². The molecule has 0 radical (unpaired) electrons. The highest BCUT2D eigenvalue weighted by molar-refractivity contribution is 7.90. The molecule has 0 atom stereocenters. The topological polar surface area (TPSA) is 77.7 Å². The summed E-state index contributed by atoms with van der Waals surface area (Å²) in [7, 11) is -3.23. The third-order valence-electron chi connectivity index (χ3n) is 3.26. The van der Waals surface area contributed by atoms with E-state index in [0.29, 0.717) is 17.1 Å². The van der Waals surface area contributed by atoms with E-state index in [4.69, 9.17) is 4.74 Å². The Hall–Kier alpha value is -2.67. The van der Waals surface area contributed by atoms with Crippen LogP contribution in [0.2, 0.25) is 0 Å². The van der Waals surface area contributed by atoms with Crippen LogP contribution >= 0.6 is 0 Å². The van der Waals surface area contributed by atoms with Crippen LogP contribution in [0.4, 0.5) is 0 Å². The summed E-state index contributed by atoms with van der Waals surface area (Å²) in [5.74, 6) is 0.507. The summed E-state index contributed by atoms with van der Waals surface area (Å²) >= 11 is 0. The summed E-state index contributed by atoms with van der Waals surface area (Å²) in [4.78, 5) is 16.5. The zero-order valence-corrected chi connectivity index (χ0v) is 13.2. The smallest absolute Gasteiger partial charge is 0.258 e. The van der Waals surface area contributed by atoms with Crippen LogP contribution < -0.4 is 10.3 Å². The molecule has 0 aliphatic rings. The van der Waals surface area contributed by atoms with Gasteiger partial charge in [0.15, 0.2) is 9.84 Å². The second kappa shape index (κ2) is 5.85. The Morgan fingerprint density at radius 1 is 1.13 bits per heavy atom. The van der Waals surface area contributed by atoms with Gasteiger partial charge in [-0.2, -0.15) is 0 Å². The second-order valence-electron chi connectivity index (χ2n) is 5.05. The minimum Gasteiger partial charge on any atom is -0.487 e. The van der Waals surface area contributed by atoms with Crippen molar-refractivity contribution in [2.75, 3.05) is 6.26 Å². The number of pyridine rings is 1. The maximum Gasteiger partial charge on any atom is 0.258 e. The molecule has 118 valence electrons. The van der Waals surface area contributed by atoms with Gasteiger partial charge in [-0.05, 0) is 36.4 Å². The van der Waals surface area contributed by atoms with E-state index >= 15 is 0 Å². The Kier molecular flexibility index (Phi) is 3.87. The largest absolute Gasteiger partial charge is 0.487 e. The van der Waals surface area contributed by atoms with Gasteiger partial charge in [-0.15, -0.1) is 0 Å². The minimum atomic E-state index is -3.23. The van der Waals surface area contributed by atoms with Crippen molar-refractivity contribution >= 4 is 15.5 Å². The van der Waals surface area contributed by atoms with E-state index in [1.807, 2.05) is 0 Å². The van der Waals surface area contributed by atoms with Gasteiger partial charge in [-0.1, -0.05) is 6.07 Å². The van der Waals surface area contributed by atoms with E-state index in [1.54, 1.807) is 36.5 Å². The quantitative estimate of drug-likeness (QED) is 0.727. The van der Waals surface area contributed by atoms with Crippen LogP contribution in [0.15, 0.2) is 64.4 Å².